The third kappa shape index (κ3) is 3.85. The molecule has 188 valence electrons. The molecule has 2 amide bonds. The molecule has 6 aliphatic rings. The van der Waals surface area contributed by atoms with E-state index in [4.69, 9.17) is 0 Å². The van der Waals surface area contributed by atoms with Gasteiger partial charge in [0.05, 0.1) is 0 Å². The largest absolute Gasteiger partial charge is 0.342 e. The lowest BCUT2D eigenvalue weighted by Gasteiger charge is -2.31. The Kier molecular flexibility index (Phi) is 5.25. The summed E-state index contributed by atoms with van der Waals surface area (Å²) in [5.74, 6) is 1.66. The lowest BCUT2D eigenvalue weighted by atomic mass is 9.78. The van der Waals surface area contributed by atoms with Crippen molar-refractivity contribution in [3.05, 3.63) is 65.0 Å². The highest BCUT2D eigenvalue weighted by Crippen LogP contribution is 2.45. The molecule has 0 aromatic heterocycles. The van der Waals surface area contributed by atoms with Crippen molar-refractivity contribution in [3.63, 3.8) is 0 Å². The molecule has 1 N–H and O–H groups in total. The molecule has 0 bridgehead atoms. The van der Waals surface area contributed by atoms with E-state index in [0.717, 1.165) is 69.2 Å². The molecule has 5 nitrogen and oxygen atoms in total. The van der Waals surface area contributed by atoms with Crippen molar-refractivity contribution in [2.75, 3.05) is 19.6 Å². The number of hydrogen-bond acceptors (Lipinski definition) is 3. The highest BCUT2D eigenvalue weighted by atomic mass is 19.1. The Morgan fingerprint density at radius 3 is 2.69 bits per heavy atom. The fourth-order valence-electron chi connectivity index (χ4n) is 6.72. The molecular formula is C30H34FN3O2. The maximum absolute atomic E-state index is 14.4. The van der Waals surface area contributed by atoms with Crippen LogP contribution in [-0.4, -0.2) is 53.0 Å². The maximum Gasteiger partial charge on any atom is 0.244 e. The first-order valence-corrected chi connectivity index (χ1v) is 13.7. The third-order valence-corrected chi connectivity index (χ3v) is 9.27. The molecule has 1 spiro atoms. The number of nitrogens with zero attached hydrogens (tertiary/aromatic N) is 2. The number of carbonyl (C=O) groups excluding carboxylic acids is 2. The number of fused-ring (bicyclic) bond motifs is 1. The quantitative estimate of drug-likeness (QED) is 0.682. The van der Waals surface area contributed by atoms with Crippen LogP contribution in [0.5, 0.6) is 0 Å². The number of nitrogens with one attached hydrogen (secondary N) is 1. The molecule has 4 atom stereocenters. The van der Waals surface area contributed by atoms with E-state index >= 15 is 0 Å². The zero-order valence-electron chi connectivity index (χ0n) is 20.7. The minimum absolute atomic E-state index is 0.0922. The number of likely N-dealkylation sites (tertiary alicyclic amines) is 1. The molecule has 2 saturated carbocycles. The van der Waals surface area contributed by atoms with Crippen LogP contribution in [0, 0.1) is 29.5 Å². The van der Waals surface area contributed by atoms with Crippen LogP contribution < -0.4 is 5.32 Å². The molecule has 3 unspecified atom stereocenters. The molecule has 2 heterocycles. The molecule has 1 aromatic rings. The van der Waals surface area contributed by atoms with Gasteiger partial charge in [-0.3, -0.25) is 14.9 Å². The van der Waals surface area contributed by atoms with Crippen molar-refractivity contribution in [1.82, 2.24) is 15.1 Å². The van der Waals surface area contributed by atoms with Crippen molar-refractivity contribution in [1.29, 1.82) is 0 Å². The van der Waals surface area contributed by atoms with Crippen LogP contribution in [-0.2, 0) is 16.0 Å². The van der Waals surface area contributed by atoms with Crippen LogP contribution in [0.2, 0.25) is 0 Å². The zero-order valence-corrected chi connectivity index (χ0v) is 20.7. The number of amides is 2. The molecule has 7 rings (SSSR count). The predicted molar refractivity (Wildman–Crippen MR) is 136 cm³/mol. The first-order chi connectivity index (χ1) is 17.5. The van der Waals surface area contributed by atoms with Crippen LogP contribution in [0.25, 0.3) is 6.08 Å². The number of hydrogen-bond donors (Lipinski definition) is 1. The second-order valence-electron chi connectivity index (χ2n) is 11.8. The Balaban J connectivity index is 1.03. The summed E-state index contributed by atoms with van der Waals surface area (Å²) in [5, 5.41) is 3.67. The van der Waals surface area contributed by atoms with Crippen LogP contribution in [0.4, 0.5) is 4.39 Å². The van der Waals surface area contributed by atoms with Crippen molar-refractivity contribution < 1.29 is 14.0 Å². The van der Waals surface area contributed by atoms with Gasteiger partial charge in [-0.25, -0.2) is 4.39 Å². The number of allylic oxidation sites excluding steroid dienone is 3. The van der Waals surface area contributed by atoms with Crippen molar-refractivity contribution in [3.8, 4) is 0 Å². The van der Waals surface area contributed by atoms with Gasteiger partial charge in [0.1, 0.15) is 17.5 Å². The average molecular weight is 488 g/mol. The Hall–Kier alpha value is -2.73. The van der Waals surface area contributed by atoms with Crippen LogP contribution >= 0.6 is 0 Å². The van der Waals surface area contributed by atoms with Crippen LogP contribution in [0.3, 0.4) is 0 Å². The van der Waals surface area contributed by atoms with Gasteiger partial charge in [-0.1, -0.05) is 42.5 Å². The summed E-state index contributed by atoms with van der Waals surface area (Å²) >= 11 is 0. The Bertz CT molecular complexity index is 1190. The molecular weight excluding hydrogens is 453 g/mol. The number of rotatable bonds is 5. The van der Waals surface area contributed by atoms with Crippen molar-refractivity contribution >= 4 is 17.9 Å². The van der Waals surface area contributed by atoms with Gasteiger partial charge >= 0.3 is 0 Å². The normalized spacial score (nSPS) is 32.2. The summed E-state index contributed by atoms with van der Waals surface area (Å²) in [7, 11) is 0. The first-order valence-electron chi connectivity index (χ1n) is 13.7. The summed E-state index contributed by atoms with van der Waals surface area (Å²) < 4.78 is 14.4. The number of carbonyl (C=O) groups is 2. The smallest absolute Gasteiger partial charge is 0.244 e. The SMILES string of the molecule is O=C(C1CC1)N1CC[C@@H](CN2C(=O)C3(CC3)NC2C2=CCC(C3C=Cc4cccc(F)c4C3)C=C2)C1. The second kappa shape index (κ2) is 8.41. The molecule has 4 aliphatic carbocycles. The van der Waals surface area contributed by atoms with Crippen LogP contribution in [0.1, 0.15) is 49.7 Å². The lowest BCUT2D eigenvalue weighted by molar-refractivity contribution is -0.131. The minimum atomic E-state index is -0.369. The zero-order chi connectivity index (χ0) is 24.4. The van der Waals surface area contributed by atoms with Gasteiger partial charge in [-0.05, 0) is 85.5 Å². The number of benzene rings is 1. The standard InChI is InChI=1S/C30H34FN3O2/c31-26-3-1-2-21-6-11-24(16-25(21)26)20-4-7-22(8-5-20)27-32-30(13-14-30)29(36)34(27)18-19-12-15-33(17-19)28(35)23-9-10-23/h1-4,6-8,11,19-20,23-24,27,32H,5,9-10,12-18H2/t19-,20?,24?,27?/m1/s1. The minimum Gasteiger partial charge on any atom is -0.342 e. The molecule has 4 fully saturated rings. The van der Waals surface area contributed by atoms with Crippen molar-refractivity contribution in [2.45, 2.75) is 56.7 Å². The van der Waals surface area contributed by atoms with Gasteiger partial charge in [-0.2, -0.15) is 0 Å². The lowest BCUT2D eigenvalue weighted by Crippen LogP contribution is -2.42. The summed E-state index contributed by atoms with van der Waals surface area (Å²) in [5.41, 5.74) is 2.61. The Morgan fingerprint density at radius 1 is 1.11 bits per heavy atom. The first kappa shape index (κ1) is 22.5. The van der Waals surface area contributed by atoms with E-state index in [1.165, 1.54) is 5.57 Å². The molecule has 6 heteroatoms. The van der Waals surface area contributed by atoms with Gasteiger partial charge in [0.15, 0.2) is 0 Å². The summed E-state index contributed by atoms with van der Waals surface area (Å²) in [6, 6.07) is 5.31. The molecule has 2 aliphatic heterocycles. The van der Waals surface area contributed by atoms with E-state index in [9.17, 15) is 14.0 Å². The summed E-state index contributed by atoms with van der Waals surface area (Å²) in [6.45, 7) is 2.32. The van der Waals surface area contributed by atoms with E-state index in [2.05, 4.69) is 40.6 Å². The second-order valence-corrected chi connectivity index (χ2v) is 11.8. The average Bonchev–Trinajstić information content (AvgIpc) is 3.82. The van der Waals surface area contributed by atoms with Gasteiger partial charge in [0.25, 0.3) is 0 Å². The van der Waals surface area contributed by atoms with Gasteiger partial charge in [0, 0.05) is 25.6 Å². The summed E-state index contributed by atoms with van der Waals surface area (Å²) in [4.78, 5) is 30.0. The highest BCUT2D eigenvalue weighted by molar-refractivity contribution is 5.92. The van der Waals surface area contributed by atoms with E-state index in [0.29, 0.717) is 24.3 Å². The summed E-state index contributed by atoms with van der Waals surface area (Å²) in [6.07, 6.45) is 17.4. The van der Waals surface area contributed by atoms with E-state index < -0.39 is 0 Å². The van der Waals surface area contributed by atoms with Gasteiger partial charge in [-0.15, -0.1) is 0 Å². The maximum atomic E-state index is 14.4. The fraction of sp³-hybridized carbons (Fsp3) is 0.533. The predicted octanol–water partition coefficient (Wildman–Crippen LogP) is 4.06. The molecule has 36 heavy (non-hydrogen) atoms. The number of halogens is 1. The third-order valence-electron chi connectivity index (χ3n) is 9.27. The van der Waals surface area contributed by atoms with Crippen molar-refractivity contribution in [2.24, 2.45) is 23.7 Å². The van der Waals surface area contributed by atoms with E-state index in [1.807, 2.05) is 11.0 Å². The fourth-order valence-corrected chi connectivity index (χ4v) is 6.72. The van der Waals surface area contributed by atoms with Gasteiger partial charge in [0.2, 0.25) is 11.8 Å². The van der Waals surface area contributed by atoms with Gasteiger partial charge < -0.3 is 9.80 Å². The topological polar surface area (TPSA) is 52.7 Å². The van der Waals surface area contributed by atoms with E-state index in [-0.39, 0.29) is 35.3 Å². The molecule has 0 radical (unpaired) electrons. The monoisotopic (exact) mass is 487 g/mol. The molecule has 1 aromatic carbocycles. The van der Waals surface area contributed by atoms with E-state index in [1.54, 1.807) is 12.1 Å². The highest BCUT2D eigenvalue weighted by Gasteiger charge is 2.59. The molecule has 2 saturated heterocycles. The Morgan fingerprint density at radius 2 is 1.94 bits per heavy atom. The Labute approximate surface area is 212 Å². The van der Waals surface area contributed by atoms with Crippen LogP contribution in [0.15, 0.2) is 48.1 Å².